The van der Waals surface area contributed by atoms with Crippen molar-refractivity contribution in [2.75, 3.05) is 5.73 Å². The van der Waals surface area contributed by atoms with Gasteiger partial charge >= 0.3 is 0 Å². The highest BCUT2D eigenvalue weighted by Crippen LogP contribution is 2.37. The van der Waals surface area contributed by atoms with Gasteiger partial charge in [0.2, 0.25) is 0 Å². The minimum Gasteiger partial charge on any atom is -0.397 e. The van der Waals surface area contributed by atoms with Crippen LogP contribution in [0, 0.1) is 6.92 Å². The molecular weight excluding hydrogens is 244 g/mol. The fourth-order valence-corrected chi connectivity index (χ4v) is 3.15. The van der Waals surface area contributed by atoms with Crippen molar-refractivity contribution in [1.29, 1.82) is 0 Å². The van der Waals surface area contributed by atoms with Crippen molar-refractivity contribution in [1.82, 2.24) is 5.32 Å². The fraction of sp³-hybridized carbons (Fsp3) is 0.357. The Balaban J connectivity index is 2.01. The molecule has 0 saturated heterocycles. The van der Waals surface area contributed by atoms with Crippen molar-refractivity contribution in [3.8, 4) is 0 Å². The standard InChI is InChI=1S/C14H16N2OS/c1-8-3-4-9-10(7-8)18-12(11(9)15)13(17)16-14(2)5-6-14/h3-4,7H,5-6,15H2,1-2H3,(H,16,17). The number of nitrogens with one attached hydrogen (secondary N) is 1. The Bertz CT molecular complexity index is 641. The largest absolute Gasteiger partial charge is 0.397 e. The summed E-state index contributed by atoms with van der Waals surface area (Å²) >= 11 is 1.48. The Morgan fingerprint density at radius 3 is 2.83 bits per heavy atom. The summed E-state index contributed by atoms with van der Waals surface area (Å²) in [5.74, 6) is -0.0358. The van der Waals surface area contributed by atoms with Crippen LogP contribution >= 0.6 is 11.3 Å². The normalized spacial score (nSPS) is 16.8. The van der Waals surface area contributed by atoms with Gasteiger partial charge in [0.1, 0.15) is 4.88 Å². The number of hydrogen-bond donors (Lipinski definition) is 2. The van der Waals surface area contributed by atoms with Crippen LogP contribution in [0.5, 0.6) is 0 Å². The predicted molar refractivity (Wildman–Crippen MR) is 76.1 cm³/mol. The maximum atomic E-state index is 12.2. The monoisotopic (exact) mass is 260 g/mol. The number of nitrogen functional groups attached to an aromatic ring is 1. The van der Waals surface area contributed by atoms with Crippen LogP contribution in [0.1, 0.15) is 35.0 Å². The molecule has 3 N–H and O–H groups in total. The van der Waals surface area contributed by atoms with Crippen LogP contribution in [0.25, 0.3) is 10.1 Å². The second-order valence-corrected chi connectivity index (χ2v) is 6.41. The number of amides is 1. The summed E-state index contributed by atoms with van der Waals surface area (Å²) in [5.41, 5.74) is 7.87. The lowest BCUT2D eigenvalue weighted by Crippen LogP contribution is -2.34. The van der Waals surface area contributed by atoms with E-state index in [1.807, 2.05) is 19.1 Å². The number of carbonyl (C=O) groups is 1. The second kappa shape index (κ2) is 3.72. The smallest absolute Gasteiger partial charge is 0.263 e. The van der Waals surface area contributed by atoms with Crippen LogP contribution in [0.15, 0.2) is 18.2 Å². The van der Waals surface area contributed by atoms with Gasteiger partial charge in [-0.3, -0.25) is 4.79 Å². The zero-order valence-electron chi connectivity index (χ0n) is 10.5. The molecule has 94 valence electrons. The molecule has 3 nitrogen and oxygen atoms in total. The Morgan fingerprint density at radius 2 is 2.17 bits per heavy atom. The summed E-state index contributed by atoms with van der Waals surface area (Å²) < 4.78 is 1.08. The van der Waals surface area contributed by atoms with E-state index in [9.17, 15) is 4.79 Å². The number of aryl methyl sites for hydroxylation is 1. The van der Waals surface area contributed by atoms with Crippen LogP contribution in [0.2, 0.25) is 0 Å². The first-order valence-electron chi connectivity index (χ1n) is 6.10. The van der Waals surface area contributed by atoms with Gasteiger partial charge in [0.05, 0.1) is 5.69 Å². The zero-order chi connectivity index (χ0) is 12.9. The van der Waals surface area contributed by atoms with E-state index in [2.05, 4.69) is 18.3 Å². The molecule has 1 aliphatic carbocycles. The van der Waals surface area contributed by atoms with Gasteiger partial charge in [-0.25, -0.2) is 0 Å². The maximum Gasteiger partial charge on any atom is 0.263 e. The fourth-order valence-electron chi connectivity index (χ4n) is 2.04. The second-order valence-electron chi connectivity index (χ2n) is 5.36. The average molecular weight is 260 g/mol. The quantitative estimate of drug-likeness (QED) is 0.872. The molecule has 1 heterocycles. The highest BCUT2D eigenvalue weighted by atomic mass is 32.1. The number of rotatable bonds is 2. The van der Waals surface area contributed by atoms with Gasteiger partial charge in [-0.1, -0.05) is 12.1 Å². The van der Waals surface area contributed by atoms with Crippen LogP contribution in [0.3, 0.4) is 0 Å². The molecule has 0 unspecified atom stereocenters. The molecule has 1 saturated carbocycles. The summed E-state index contributed by atoms with van der Waals surface area (Å²) in [7, 11) is 0. The molecule has 0 atom stereocenters. The number of thiophene rings is 1. The van der Waals surface area contributed by atoms with E-state index in [0.29, 0.717) is 10.6 Å². The van der Waals surface area contributed by atoms with Crippen LogP contribution in [-0.2, 0) is 0 Å². The van der Waals surface area contributed by atoms with Crippen LogP contribution in [0.4, 0.5) is 5.69 Å². The predicted octanol–water partition coefficient (Wildman–Crippen LogP) is 3.07. The summed E-state index contributed by atoms with van der Waals surface area (Å²) in [4.78, 5) is 12.8. The van der Waals surface area contributed by atoms with Crippen molar-refractivity contribution >= 4 is 33.0 Å². The first-order valence-corrected chi connectivity index (χ1v) is 6.91. The number of fused-ring (bicyclic) bond motifs is 1. The third-order valence-electron chi connectivity index (χ3n) is 3.51. The number of anilines is 1. The Morgan fingerprint density at radius 1 is 1.44 bits per heavy atom. The molecule has 1 amide bonds. The Kier molecular flexibility index (Phi) is 2.38. The summed E-state index contributed by atoms with van der Waals surface area (Å²) in [6.45, 7) is 4.11. The minimum absolute atomic E-state index is 0.00435. The topological polar surface area (TPSA) is 55.1 Å². The Hall–Kier alpha value is -1.55. The van der Waals surface area contributed by atoms with Crippen LogP contribution < -0.4 is 11.1 Å². The van der Waals surface area contributed by atoms with E-state index in [1.54, 1.807) is 0 Å². The first kappa shape index (κ1) is 11.5. The van der Waals surface area contributed by atoms with Crippen molar-refractivity contribution in [2.45, 2.75) is 32.2 Å². The van der Waals surface area contributed by atoms with E-state index in [1.165, 1.54) is 16.9 Å². The molecular formula is C14H16N2OS. The molecule has 3 rings (SSSR count). The van der Waals surface area contributed by atoms with E-state index < -0.39 is 0 Å². The van der Waals surface area contributed by atoms with E-state index in [0.717, 1.165) is 22.9 Å². The first-order chi connectivity index (χ1) is 8.48. The molecule has 0 aliphatic heterocycles. The lowest BCUT2D eigenvalue weighted by Gasteiger charge is -2.10. The number of benzene rings is 1. The highest BCUT2D eigenvalue weighted by molar-refractivity contribution is 7.21. The molecule has 4 heteroatoms. The molecule has 0 radical (unpaired) electrons. The van der Waals surface area contributed by atoms with Crippen molar-refractivity contribution in [3.63, 3.8) is 0 Å². The minimum atomic E-state index is -0.0358. The lowest BCUT2D eigenvalue weighted by molar-refractivity contribution is 0.0940. The molecule has 1 aromatic carbocycles. The number of nitrogens with two attached hydrogens (primary N) is 1. The summed E-state index contributed by atoms with van der Waals surface area (Å²) in [6, 6.07) is 6.09. The zero-order valence-corrected chi connectivity index (χ0v) is 11.4. The van der Waals surface area contributed by atoms with E-state index in [-0.39, 0.29) is 11.4 Å². The summed E-state index contributed by atoms with van der Waals surface area (Å²) in [6.07, 6.45) is 2.12. The van der Waals surface area contributed by atoms with Crippen molar-refractivity contribution in [3.05, 3.63) is 28.6 Å². The molecule has 1 aliphatic rings. The van der Waals surface area contributed by atoms with Gasteiger partial charge in [0.15, 0.2) is 0 Å². The number of carbonyl (C=O) groups excluding carboxylic acids is 1. The van der Waals surface area contributed by atoms with Crippen molar-refractivity contribution in [2.24, 2.45) is 0 Å². The number of hydrogen-bond acceptors (Lipinski definition) is 3. The average Bonchev–Trinajstić information content (AvgIpc) is 2.93. The molecule has 0 bridgehead atoms. The third-order valence-corrected chi connectivity index (χ3v) is 4.67. The lowest BCUT2D eigenvalue weighted by atomic mass is 10.1. The third kappa shape index (κ3) is 1.86. The van der Waals surface area contributed by atoms with E-state index >= 15 is 0 Å². The summed E-state index contributed by atoms with van der Waals surface area (Å²) in [5, 5.41) is 4.04. The van der Waals surface area contributed by atoms with Gasteiger partial charge in [-0.05, 0) is 38.3 Å². The Labute approximate surface area is 110 Å². The highest BCUT2D eigenvalue weighted by Gasteiger charge is 2.39. The molecule has 2 aromatic rings. The molecule has 1 fully saturated rings. The van der Waals surface area contributed by atoms with Gasteiger partial charge < -0.3 is 11.1 Å². The van der Waals surface area contributed by atoms with Gasteiger partial charge in [0, 0.05) is 15.6 Å². The van der Waals surface area contributed by atoms with Gasteiger partial charge in [-0.2, -0.15) is 0 Å². The molecule has 1 aromatic heterocycles. The molecule has 0 spiro atoms. The van der Waals surface area contributed by atoms with Gasteiger partial charge in [-0.15, -0.1) is 11.3 Å². The van der Waals surface area contributed by atoms with Gasteiger partial charge in [0.25, 0.3) is 5.91 Å². The maximum absolute atomic E-state index is 12.2. The van der Waals surface area contributed by atoms with Crippen molar-refractivity contribution < 1.29 is 4.79 Å². The van der Waals surface area contributed by atoms with E-state index in [4.69, 9.17) is 5.73 Å². The molecule has 18 heavy (non-hydrogen) atoms. The van der Waals surface area contributed by atoms with Crippen LogP contribution in [-0.4, -0.2) is 11.4 Å². The SMILES string of the molecule is Cc1ccc2c(N)c(C(=O)NC3(C)CC3)sc2c1.